The van der Waals surface area contributed by atoms with Gasteiger partial charge in [-0.15, -0.1) is 11.6 Å². The van der Waals surface area contributed by atoms with Crippen molar-refractivity contribution in [3.8, 4) is 0 Å². The van der Waals surface area contributed by atoms with Crippen molar-refractivity contribution in [1.29, 1.82) is 0 Å². The zero-order chi connectivity index (χ0) is 12.5. The Morgan fingerprint density at radius 2 is 2.29 bits per heavy atom. The quantitative estimate of drug-likeness (QED) is 0.710. The van der Waals surface area contributed by atoms with Crippen LogP contribution in [0.1, 0.15) is 46.5 Å². The van der Waals surface area contributed by atoms with E-state index < -0.39 is 0 Å². The monoisotopic (exact) mass is 276 g/mol. The van der Waals surface area contributed by atoms with Crippen LogP contribution in [0, 0.1) is 11.3 Å². The Hall–Kier alpha value is 0.600. The van der Waals surface area contributed by atoms with Crippen LogP contribution in [0.5, 0.6) is 0 Å². The van der Waals surface area contributed by atoms with E-state index in [1.807, 2.05) is 0 Å². The molecule has 0 amide bonds. The largest absolute Gasteiger partial charge is 0.374 e. The van der Waals surface area contributed by atoms with Crippen molar-refractivity contribution in [2.24, 2.45) is 11.3 Å². The molecule has 0 N–H and O–H groups in total. The highest BCUT2D eigenvalue weighted by Crippen LogP contribution is 2.47. The lowest BCUT2D eigenvalue weighted by molar-refractivity contribution is -0.101. The minimum atomic E-state index is 0.209. The number of ether oxygens (including phenoxy) is 1. The molecule has 0 aliphatic carbocycles. The highest BCUT2D eigenvalue weighted by atomic mass is 35.5. The smallest absolute Gasteiger partial charge is 0.0783 e. The Morgan fingerprint density at radius 3 is 2.88 bits per heavy atom. The van der Waals surface area contributed by atoms with Crippen LogP contribution in [0.25, 0.3) is 0 Å². The molecule has 2 rings (SSSR count). The maximum atomic E-state index is 6.20. The van der Waals surface area contributed by atoms with E-state index in [2.05, 4.69) is 32.5 Å². The summed E-state index contributed by atoms with van der Waals surface area (Å²) in [6.45, 7) is 7.84. The van der Waals surface area contributed by atoms with Gasteiger partial charge < -0.3 is 4.74 Å². The third-order valence-electron chi connectivity index (χ3n) is 4.47. The molecular formula is C14H25ClOS. The summed E-state index contributed by atoms with van der Waals surface area (Å²) in [6.07, 6.45) is 4.82. The Morgan fingerprint density at radius 1 is 1.53 bits per heavy atom. The fourth-order valence-corrected chi connectivity index (χ4v) is 5.23. The van der Waals surface area contributed by atoms with Crippen molar-refractivity contribution < 1.29 is 4.74 Å². The molecule has 0 bridgehead atoms. The van der Waals surface area contributed by atoms with Crippen LogP contribution in [-0.2, 0) is 4.74 Å². The number of thioether (sulfide) groups is 1. The molecule has 1 spiro atoms. The lowest BCUT2D eigenvalue weighted by Crippen LogP contribution is -2.44. The maximum absolute atomic E-state index is 6.20. The van der Waals surface area contributed by atoms with Crippen molar-refractivity contribution in [1.82, 2.24) is 0 Å². The van der Waals surface area contributed by atoms with Crippen LogP contribution in [0.2, 0.25) is 0 Å². The van der Waals surface area contributed by atoms with Gasteiger partial charge in [-0.05, 0) is 49.7 Å². The molecule has 0 aromatic carbocycles. The number of halogens is 1. The summed E-state index contributed by atoms with van der Waals surface area (Å²) in [4.78, 5) is 0. The second-order valence-electron chi connectivity index (χ2n) is 6.50. The van der Waals surface area contributed by atoms with Gasteiger partial charge in [0.15, 0.2) is 0 Å². The lowest BCUT2D eigenvalue weighted by Gasteiger charge is -2.45. The van der Waals surface area contributed by atoms with Gasteiger partial charge in [0.2, 0.25) is 0 Å². The standard InChI is InChI=1S/C14H25ClOS/c1-11(15)8-13(2,3)12-4-6-16-14(9-12)5-7-17-10-14/h11-12H,4-10H2,1-3H3. The maximum Gasteiger partial charge on any atom is 0.0783 e. The van der Waals surface area contributed by atoms with E-state index in [1.54, 1.807) is 0 Å². The van der Waals surface area contributed by atoms with Crippen LogP contribution >= 0.6 is 23.4 Å². The lowest BCUT2D eigenvalue weighted by atomic mass is 9.68. The molecule has 3 unspecified atom stereocenters. The van der Waals surface area contributed by atoms with Gasteiger partial charge in [-0.2, -0.15) is 11.8 Å². The minimum absolute atomic E-state index is 0.209. The highest BCUT2D eigenvalue weighted by Gasteiger charge is 2.44. The molecule has 2 heterocycles. The fraction of sp³-hybridized carbons (Fsp3) is 1.00. The molecule has 2 fully saturated rings. The van der Waals surface area contributed by atoms with Gasteiger partial charge in [-0.3, -0.25) is 0 Å². The Labute approximate surface area is 115 Å². The summed E-state index contributed by atoms with van der Waals surface area (Å²) >= 11 is 8.25. The van der Waals surface area contributed by atoms with Gasteiger partial charge >= 0.3 is 0 Å². The summed E-state index contributed by atoms with van der Waals surface area (Å²) in [5.74, 6) is 3.26. The first-order valence-electron chi connectivity index (χ1n) is 6.79. The Bertz CT molecular complexity index is 259. The average molecular weight is 277 g/mol. The van der Waals surface area contributed by atoms with E-state index in [-0.39, 0.29) is 11.0 Å². The summed E-state index contributed by atoms with van der Waals surface area (Å²) in [7, 11) is 0. The molecule has 0 saturated carbocycles. The van der Waals surface area contributed by atoms with Crippen molar-refractivity contribution in [3.05, 3.63) is 0 Å². The first-order valence-corrected chi connectivity index (χ1v) is 8.38. The zero-order valence-electron chi connectivity index (χ0n) is 11.3. The van der Waals surface area contributed by atoms with E-state index in [0.717, 1.165) is 18.9 Å². The molecule has 3 atom stereocenters. The molecular weight excluding hydrogens is 252 g/mol. The van der Waals surface area contributed by atoms with Crippen molar-refractivity contribution >= 4 is 23.4 Å². The van der Waals surface area contributed by atoms with Crippen LogP contribution in [-0.4, -0.2) is 29.1 Å². The number of alkyl halides is 1. The van der Waals surface area contributed by atoms with E-state index in [0.29, 0.717) is 5.41 Å². The van der Waals surface area contributed by atoms with Crippen molar-refractivity contribution in [2.45, 2.75) is 57.4 Å². The summed E-state index contributed by atoms with van der Waals surface area (Å²) in [6, 6.07) is 0. The summed E-state index contributed by atoms with van der Waals surface area (Å²) in [5, 5.41) is 0.279. The molecule has 3 heteroatoms. The Kier molecular flexibility index (Phi) is 4.37. The average Bonchev–Trinajstić information content (AvgIpc) is 2.64. The number of rotatable bonds is 3. The second kappa shape index (κ2) is 5.30. The SMILES string of the molecule is CC(Cl)CC(C)(C)C1CCOC2(CCSC2)C1. The normalized spacial score (nSPS) is 36.4. The molecule has 0 radical (unpaired) electrons. The summed E-state index contributed by atoms with van der Waals surface area (Å²) < 4.78 is 6.10. The van der Waals surface area contributed by atoms with Crippen LogP contribution < -0.4 is 0 Å². The van der Waals surface area contributed by atoms with Gasteiger partial charge in [-0.25, -0.2) is 0 Å². The molecule has 100 valence electrons. The van der Waals surface area contributed by atoms with Gasteiger partial charge in [0.1, 0.15) is 0 Å². The first kappa shape index (κ1) is 14.0. The predicted octanol–water partition coefficient (Wildman–Crippen LogP) is 4.33. The third kappa shape index (κ3) is 3.33. The first-order chi connectivity index (χ1) is 7.94. The highest BCUT2D eigenvalue weighted by molar-refractivity contribution is 7.99. The number of hydrogen-bond acceptors (Lipinski definition) is 2. The van der Waals surface area contributed by atoms with Crippen molar-refractivity contribution in [2.75, 3.05) is 18.1 Å². The molecule has 0 aromatic rings. The summed E-state index contributed by atoms with van der Waals surface area (Å²) in [5.41, 5.74) is 0.561. The molecule has 2 aliphatic rings. The zero-order valence-corrected chi connectivity index (χ0v) is 12.9. The fourth-order valence-electron chi connectivity index (χ4n) is 3.45. The van der Waals surface area contributed by atoms with E-state index >= 15 is 0 Å². The Balaban J connectivity index is 2.01. The molecule has 1 nitrogen and oxygen atoms in total. The van der Waals surface area contributed by atoms with E-state index in [1.165, 1.54) is 30.8 Å². The molecule has 0 aromatic heterocycles. The van der Waals surface area contributed by atoms with Crippen LogP contribution in [0.3, 0.4) is 0 Å². The van der Waals surface area contributed by atoms with Gasteiger partial charge in [0.05, 0.1) is 5.60 Å². The topological polar surface area (TPSA) is 9.23 Å². The molecule has 2 saturated heterocycles. The third-order valence-corrected chi connectivity index (χ3v) is 5.85. The van der Waals surface area contributed by atoms with E-state index in [9.17, 15) is 0 Å². The van der Waals surface area contributed by atoms with Crippen molar-refractivity contribution in [3.63, 3.8) is 0 Å². The second-order valence-corrected chi connectivity index (χ2v) is 8.35. The van der Waals surface area contributed by atoms with Gasteiger partial charge in [0.25, 0.3) is 0 Å². The van der Waals surface area contributed by atoms with Gasteiger partial charge in [0, 0.05) is 17.7 Å². The van der Waals surface area contributed by atoms with Crippen LogP contribution in [0.4, 0.5) is 0 Å². The van der Waals surface area contributed by atoms with Gasteiger partial charge in [-0.1, -0.05) is 13.8 Å². The predicted molar refractivity (Wildman–Crippen MR) is 77.1 cm³/mol. The van der Waals surface area contributed by atoms with Crippen LogP contribution in [0.15, 0.2) is 0 Å². The molecule has 17 heavy (non-hydrogen) atoms. The molecule has 2 aliphatic heterocycles. The van der Waals surface area contributed by atoms with E-state index in [4.69, 9.17) is 16.3 Å². The minimum Gasteiger partial charge on any atom is -0.374 e. The number of hydrogen-bond donors (Lipinski definition) is 0.